The molecule has 12 heteroatoms. The molecule has 1 atom stereocenters. The zero-order valence-electron chi connectivity index (χ0n) is 14.0. The molecular formula is C16H15ClF2N2O5S2. The number of benzene rings is 2. The standard InChI is InChI=1S/C16H15ClF2N2O5S2/c17-10-1-3-11(4-2-10)28(24,25)20-7-14(27)9-5-12(18)16(13(19)6-9)26-8-15(22)21-23/h1-6,14,20,23,27H,7-8H2,(H,21,22). The average molecular weight is 453 g/mol. The van der Waals surface area contributed by atoms with E-state index in [1.165, 1.54) is 29.7 Å². The first-order valence-corrected chi connectivity index (χ1v) is 9.99. The maximum atomic E-state index is 14.1. The van der Waals surface area contributed by atoms with Crippen molar-refractivity contribution < 1.29 is 31.9 Å². The van der Waals surface area contributed by atoms with E-state index >= 15 is 0 Å². The highest BCUT2D eigenvalue weighted by atomic mass is 35.5. The van der Waals surface area contributed by atoms with Crippen LogP contribution in [0.2, 0.25) is 5.02 Å². The predicted molar refractivity (Wildman–Crippen MR) is 100 cm³/mol. The first-order chi connectivity index (χ1) is 13.1. The summed E-state index contributed by atoms with van der Waals surface area (Å²) in [6.07, 6.45) is 0. The van der Waals surface area contributed by atoms with E-state index in [0.29, 0.717) is 5.02 Å². The molecule has 1 unspecified atom stereocenters. The number of hydrogen-bond acceptors (Lipinski definition) is 6. The third-order valence-electron chi connectivity index (χ3n) is 3.47. The molecule has 0 radical (unpaired) electrons. The first kappa shape index (κ1) is 22.4. The molecule has 1 amide bonds. The number of hydrogen-bond donors (Lipinski definition) is 4. The molecule has 0 aromatic heterocycles. The Balaban J connectivity index is 2.08. The number of ether oxygens (including phenoxy) is 1. The smallest absolute Gasteiger partial charge is 0.281 e. The van der Waals surface area contributed by atoms with Gasteiger partial charge in [0, 0.05) is 16.8 Å². The summed E-state index contributed by atoms with van der Waals surface area (Å²) in [5.74, 6) is -4.03. The van der Waals surface area contributed by atoms with Crippen molar-refractivity contribution in [2.75, 3.05) is 13.2 Å². The second-order valence-corrected chi connectivity index (χ2v) is 8.29. The summed E-state index contributed by atoms with van der Waals surface area (Å²) in [6, 6.07) is 7.26. The van der Waals surface area contributed by atoms with E-state index in [1.807, 2.05) is 0 Å². The van der Waals surface area contributed by atoms with Crippen LogP contribution in [-0.4, -0.2) is 32.7 Å². The predicted octanol–water partition coefficient (Wildman–Crippen LogP) is 2.45. The van der Waals surface area contributed by atoms with Crippen molar-refractivity contribution in [2.24, 2.45) is 0 Å². The third-order valence-corrected chi connectivity index (χ3v) is 5.64. The molecule has 0 saturated heterocycles. The van der Waals surface area contributed by atoms with Crippen molar-refractivity contribution in [2.45, 2.75) is 10.1 Å². The van der Waals surface area contributed by atoms with Gasteiger partial charge in [0.1, 0.15) is 0 Å². The Morgan fingerprint density at radius 1 is 1.21 bits per heavy atom. The summed E-state index contributed by atoms with van der Waals surface area (Å²) in [7, 11) is -3.87. The molecule has 152 valence electrons. The van der Waals surface area contributed by atoms with Gasteiger partial charge in [-0.1, -0.05) is 11.6 Å². The van der Waals surface area contributed by atoms with Crippen molar-refractivity contribution in [3.8, 4) is 5.75 Å². The summed E-state index contributed by atoms with van der Waals surface area (Å²) in [6.45, 7) is -1.05. The van der Waals surface area contributed by atoms with Crippen LogP contribution in [0.1, 0.15) is 10.8 Å². The van der Waals surface area contributed by atoms with E-state index < -0.39 is 45.2 Å². The van der Waals surface area contributed by atoms with Crippen molar-refractivity contribution in [1.29, 1.82) is 0 Å². The zero-order valence-corrected chi connectivity index (χ0v) is 16.5. The lowest BCUT2D eigenvalue weighted by molar-refractivity contribution is -0.131. The number of rotatable bonds is 8. The molecule has 0 saturated carbocycles. The van der Waals surface area contributed by atoms with Gasteiger partial charge in [-0.25, -0.2) is 27.4 Å². The highest BCUT2D eigenvalue weighted by molar-refractivity contribution is 7.89. The van der Waals surface area contributed by atoms with Gasteiger partial charge in [0.15, 0.2) is 24.0 Å². The van der Waals surface area contributed by atoms with Crippen LogP contribution in [0.5, 0.6) is 5.75 Å². The fraction of sp³-hybridized carbons (Fsp3) is 0.188. The molecule has 2 aromatic carbocycles. The average Bonchev–Trinajstić information content (AvgIpc) is 2.65. The summed E-state index contributed by atoms with van der Waals surface area (Å²) in [5, 5.41) is 7.85. The Hall–Kier alpha value is -1.92. The quantitative estimate of drug-likeness (QED) is 0.280. The number of sulfonamides is 1. The second-order valence-electron chi connectivity index (χ2n) is 5.46. The van der Waals surface area contributed by atoms with Gasteiger partial charge in [-0.3, -0.25) is 10.0 Å². The van der Waals surface area contributed by atoms with Gasteiger partial charge < -0.3 is 4.74 Å². The summed E-state index contributed by atoms with van der Waals surface area (Å²) >= 11 is 9.89. The van der Waals surface area contributed by atoms with Gasteiger partial charge >= 0.3 is 0 Å². The van der Waals surface area contributed by atoms with E-state index in [-0.39, 0.29) is 17.0 Å². The normalized spacial score (nSPS) is 12.5. The molecule has 0 fully saturated rings. The van der Waals surface area contributed by atoms with Crippen LogP contribution in [0, 0.1) is 11.6 Å². The Morgan fingerprint density at radius 3 is 2.32 bits per heavy atom. The Labute approximate surface area is 170 Å². The van der Waals surface area contributed by atoms with E-state index in [4.69, 9.17) is 16.8 Å². The molecule has 0 aliphatic rings. The number of nitrogens with one attached hydrogen (secondary N) is 2. The van der Waals surface area contributed by atoms with E-state index in [0.717, 1.165) is 12.1 Å². The van der Waals surface area contributed by atoms with Crippen LogP contribution in [-0.2, 0) is 14.8 Å². The molecular weight excluding hydrogens is 438 g/mol. The maximum absolute atomic E-state index is 14.1. The van der Waals surface area contributed by atoms with Crippen molar-refractivity contribution in [3.63, 3.8) is 0 Å². The lowest BCUT2D eigenvalue weighted by Crippen LogP contribution is -2.27. The molecule has 0 bridgehead atoms. The van der Waals surface area contributed by atoms with Gasteiger partial charge in [0.05, 0.1) is 4.90 Å². The van der Waals surface area contributed by atoms with Crippen LogP contribution in [0.25, 0.3) is 0 Å². The number of amides is 1. The van der Waals surface area contributed by atoms with Crippen LogP contribution in [0.4, 0.5) is 8.78 Å². The van der Waals surface area contributed by atoms with Crippen LogP contribution in [0.15, 0.2) is 41.3 Å². The molecule has 3 N–H and O–H groups in total. The number of thiol groups is 1. The lowest BCUT2D eigenvalue weighted by atomic mass is 10.1. The zero-order chi connectivity index (χ0) is 20.9. The fourth-order valence-electron chi connectivity index (χ4n) is 2.08. The van der Waals surface area contributed by atoms with Gasteiger partial charge in [0.25, 0.3) is 5.91 Å². The number of carbonyl (C=O) groups is 1. The molecule has 7 nitrogen and oxygen atoms in total. The molecule has 0 spiro atoms. The fourth-order valence-corrected chi connectivity index (χ4v) is 3.62. The molecule has 2 aromatic rings. The van der Waals surface area contributed by atoms with E-state index in [1.54, 1.807) is 0 Å². The van der Waals surface area contributed by atoms with Crippen LogP contribution < -0.4 is 14.9 Å². The maximum Gasteiger partial charge on any atom is 0.281 e. The topological polar surface area (TPSA) is 105 Å². The van der Waals surface area contributed by atoms with E-state index in [2.05, 4.69) is 22.1 Å². The van der Waals surface area contributed by atoms with Gasteiger partial charge in [-0.15, -0.1) is 0 Å². The van der Waals surface area contributed by atoms with Gasteiger partial charge in [-0.2, -0.15) is 12.6 Å². The summed E-state index contributed by atoms with van der Waals surface area (Å²) < 4.78 is 59.5. The van der Waals surface area contributed by atoms with E-state index in [9.17, 15) is 22.0 Å². The molecule has 2 rings (SSSR count). The highest BCUT2D eigenvalue weighted by Gasteiger charge is 2.20. The molecule has 28 heavy (non-hydrogen) atoms. The summed E-state index contributed by atoms with van der Waals surface area (Å²) in [5.41, 5.74) is 1.31. The SMILES string of the molecule is O=C(COc1c(F)cc(C(S)CNS(=O)(=O)c2ccc(Cl)cc2)cc1F)NO. The Morgan fingerprint density at radius 2 is 1.79 bits per heavy atom. The molecule has 0 aliphatic heterocycles. The third kappa shape index (κ3) is 5.79. The van der Waals surface area contributed by atoms with Crippen molar-refractivity contribution >= 4 is 40.2 Å². The lowest BCUT2D eigenvalue weighted by Gasteiger charge is -2.15. The van der Waals surface area contributed by atoms with Crippen molar-refractivity contribution in [3.05, 3.63) is 58.6 Å². The Kier molecular flexibility index (Phi) is 7.61. The number of hydroxylamine groups is 1. The monoisotopic (exact) mass is 452 g/mol. The molecule has 0 aliphatic carbocycles. The second kappa shape index (κ2) is 9.52. The van der Waals surface area contributed by atoms with Crippen LogP contribution in [0.3, 0.4) is 0 Å². The number of halogens is 3. The first-order valence-electron chi connectivity index (χ1n) is 7.62. The number of carbonyl (C=O) groups excluding carboxylic acids is 1. The molecule has 0 heterocycles. The minimum atomic E-state index is -3.87. The van der Waals surface area contributed by atoms with Gasteiger partial charge in [-0.05, 0) is 42.0 Å². The highest BCUT2D eigenvalue weighted by Crippen LogP contribution is 2.29. The minimum absolute atomic E-state index is 0.0271. The minimum Gasteiger partial charge on any atom is -0.478 e. The summed E-state index contributed by atoms with van der Waals surface area (Å²) in [4.78, 5) is 10.9. The Bertz CT molecular complexity index is 935. The van der Waals surface area contributed by atoms with Gasteiger partial charge in [0.2, 0.25) is 10.0 Å². The largest absolute Gasteiger partial charge is 0.478 e. The van der Waals surface area contributed by atoms with Crippen molar-refractivity contribution in [1.82, 2.24) is 10.2 Å². The van der Waals surface area contributed by atoms with Crippen LogP contribution >= 0.6 is 24.2 Å².